The van der Waals surface area contributed by atoms with E-state index in [-0.39, 0.29) is 0 Å². The summed E-state index contributed by atoms with van der Waals surface area (Å²) < 4.78 is 5.23. The van der Waals surface area contributed by atoms with E-state index in [1.807, 2.05) is 0 Å². The summed E-state index contributed by atoms with van der Waals surface area (Å²) in [6.07, 6.45) is 0. The second-order valence-electron chi connectivity index (χ2n) is 2.51. The van der Waals surface area contributed by atoms with Crippen molar-refractivity contribution in [3.63, 3.8) is 0 Å². The van der Waals surface area contributed by atoms with Crippen LogP contribution in [0.4, 0.5) is 0 Å². The Balaban J connectivity index is 2.23. The third-order valence-corrected chi connectivity index (χ3v) is 1.30. The Labute approximate surface area is 50.2 Å². The number of hydrogen-bond acceptors (Lipinski definition) is 2. The molecule has 2 heteroatoms. The fraction of sp³-hybridized carbons (Fsp3) is 1.00. The van der Waals surface area contributed by atoms with Gasteiger partial charge in [0.2, 0.25) is 0 Å². The first-order valence-electron chi connectivity index (χ1n) is 3.13. The van der Waals surface area contributed by atoms with Crippen molar-refractivity contribution in [2.45, 2.75) is 25.9 Å². The van der Waals surface area contributed by atoms with Crippen LogP contribution in [-0.2, 0) is 4.74 Å². The average Bonchev–Trinajstić information content (AvgIpc) is 1.64. The molecule has 0 spiro atoms. The van der Waals surface area contributed by atoms with Crippen molar-refractivity contribution >= 4 is 0 Å². The second-order valence-corrected chi connectivity index (χ2v) is 2.51. The summed E-state index contributed by atoms with van der Waals surface area (Å²) in [5, 5.41) is 3.35. The molecule has 1 aliphatic heterocycles. The van der Waals surface area contributed by atoms with E-state index < -0.39 is 0 Å². The number of rotatable bonds is 0. The minimum absolute atomic E-state index is 0.541. The van der Waals surface area contributed by atoms with E-state index in [2.05, 4.69) is 19.2 Å². The minimum Gasteiger partial charge on any atom is -0.378 e. The molecule has 1 heterocycles. The molecule has 1 saturated heterocycles. The van der Waals surface area contributed by atoms with Crippen LogP contribution in [-0.4, -0.2) is 25.3 Å². The van der Waals surface area contributed by atoms with Crippen LogP contribution in [0.15, 0.2) is 0 Å². The lowest BCUT2D eigenvalue weighted by Gasteiger charge is -2.25. The largest absolute Gasteiger partial charge is 0.378 e. The summed E-state index contributed by atoms with van der Waals surface area (Å²) in [6.45, 7) is 6.00. The van der Waals surface area contributed by atoms with Crippen LogP contribution in [0.25, 0.3) is 0 Å². The molecule has 0 bridgehead atoms. The normalized spacial score (nSPS) is 39.8. The Bertz CT molecular complexity index is 66.9. The molecular weight excluding hydrogens is 102 g/mol. The fourth-order valence-corrected chi connectivity index (χ4v) is 1.00. The maximum atomic E-state index is 5.23. The SMILES string of the molecule is CC1COC[C@@H](C)N1. The monoisotopic (exact) mass is 115 g/mol. The van der Waals surface area contributed by atoms with E-state index in [1.165, 1.54) is 0 Å². The number of hydrogen-bond donors (Lipinski definition) is 1. The van der Waals surface area contributed by atoms with Crippen LogP contribution >= 0.6 is 0 Å². The molecule has 2 atom stereocenters. The van der Waals surface area contributed by atoms with Crippen molar-refractivity contribution in [3.8, 4) is 0 Å². The van der Waals surface area contributed by atoms with Crippen LogP contribution in [0, 0.1) is 0 Å². The minimum atomic E-state index is 0.541. The highest BCUT2D eigenvalue weighted by molar-refractivity contribution is 4.70. The quantitative estimate of drug-likeness (QED) is 0.493. The molecule has 48 valence electrons. The number of morpholine rings is 1. The highest BCUT2D eigenvalue weighted by atomic mass is 16.5. The van der Waals surface area contributed by atoms with Crippen LogP contribution in [0.3, 0.4) is 0 Å². The zero-order chi connectivity index (χ0) is 5.98. The topological polar surface area (TPSA) is 21.3 Å². The standard InChI is InChI=1S/C6H13NO/c1-5-3-8-4-6(2)7-5/h5-7H,3-4H2,1-2H3/t5-,6?/m1/s1. The summed E-state index contributed by atoms with van der Waals surface area (Å²) in [5.74, 6) is 0. The van der Waals surface area contributed by atoms with Gasteiger partial charge in [-0.1, -0.05) is 0 Å². The molecule has 0 aromatic heterocycles. The van der Waals surface area contributed by atoms with Gasteiger partial charge >= 0.3 is 0 Å². The van der Waals surface area contributed by atoms with E-state index >= 15 is 0 Å². The van der Waals surface area contributed by atoms with Crippen molar-refractivity contribution in [1.29, 1.82) is 0 Å². The lowest BCUT2D eigenvalue weighted by Crippen LogP contribution is -2.45. The van der Waals surface area contributed by atoms with Gasteiger partial charge in [-0.05, 0) is 13.8 Å². The number of nitrogens with one attached hydrogen (secondary N) is 1. The van der Waals surface area contributed by atoms with Crippen LogP contribution in [0.2, 0.25) is 0 Å². The Morgan fingerprint density at radius 2 is 1.75 bits per heavy atom. The Morgan fingerprint density at radius 1 is 1.25 bits per heavy atom. The summed E-state index contributed by atoms with van der Waals surface area (Å²) in [7, 11) is 0. The molecule has 0 radical (unpaired) electrons. The molecule has 1 rings (SSSR count). The molecule has 2 nitrogen and oxygen atoms in total. The summed E-state index contributed by atoms with van der Waals surface area (Å²) in [5.41, 5.74) is 0. The van der Waals surface area contributed by atoms with Crippen LogP contribution in [0.1, 0.15) is 13.8 Å². The van der Waals surface area contributed by atoms with E-state index in [4.69, 9.17) is 4.74 Å². The molecule has 0 amide bonds. The van der Waals surface area contributed by atoms with Crippen molar-refractivity contribution in [3.05, 3.63) is 0 Å². The summed E-state index contributed by atoms with van der Waals surface area (Å²) in [4.78, 5) is 0. The van der Waals surface area contributed by atoms with Gasteiger partial charge in [0, 0.05) is 12.1 Å². The third-order valence-electron chi connectivity index (χ3n) is 1.30. The van der Waals surface area contributed by atoms with Crippen LogP contribution in [0.5, 0.6) is 0 Å². The fourth-order valence-electron chi connectivity index (χ4n) is 1.00. The highest BCUT2D eigenvalue weighted by Gasteiger charge is 2.12. The second kappa shape index (κ2) is 2.46. The summed E-state index contributed by atoms with van der Waals surface area (Å²) >= 11 is 0. The summed E-state index contributed by atoms with van der Waals surface area (Å²) in [6, 6.07) is 1.08. The van der Waals surface area contributed by atoms with E-state index in [1.54, 1.807) is 0 Å². The van der Waals surface area contributed by atoms with Gasteiger partial charge in [-0.2, -0.15) is 0 Å². The molecule has 0 aliphatic carbocycles. The lowest BCUT2D eigenvalue weighted by atomic mass is 10.2. The average molecular weight is 115 g/mol. The van der Waals surface area contributed by atoms with Gasteiger partial charge < -0.3 is 10.1 Å². The maximum absolute atomic E-state index is 5.23. The van der Waals surface area contributed by atoms with Crippen molar-refractivity contribution in [2.75, 3.05) is 13.2 Å². The molecule has 0 aromatic rings. The van der Waals surface area contributed by atoms with Crippen LogP contribution < -0.4 is 5.32 Å². The van der Waals surface area contributed by atoms with Gasteiger partial charge in [-0.3, -0.25) is 0 Å². The molecule has 1 aliphatic rings. The van der Waals surface area contributed by atoms with Gasteiger partial charge in [0.05, 0.1) is 13.2 Å². The molecule has 1 fully saturated rings. The molecule has 0 saturated carbocycles. The zero-order valence-electron chi connectivity index (χ0n) is 5.48. The number of ether oxygens (including phenoxy) is 1. The third kappa shape index (κ3) is 1.46. The van der Waals surface area contributed by atoms with E-state index in [0.29, 0.717) is 12.1 Å². The van der Waals surface area contributed by atoms with Crippen molar-refractivity contribution in [2.24, 2.45) is 0 Å². The molecule has 8 heavy (non-hydrogen) atoms. The first kappa shape index (κ1) is 6.05. The lowest BCUT2D eigenvalue weighted by molar-refractivity contribution is 0.0560. The first-order valence-corrected chi connectivity index (χ1v) is 3.13. The van der Waals surface area contributed by atoms with E-state index in [0.717, 1.165) is 13.2 Å². The predicted octanol–water partition coefficient (Wildman–Crippen LogP) is 0.383. The zero-order valence-corrected chi connectivity index (χ0v) is 5.48. The Morgan fingerprint density at radius 3 is 2.00 bits per heavy atom. The van der Waals surface area contributed by atoms with Gasteiger partial charge in [0.15, 0.2) is 0 Å². The molecular formula is C6H13NO. The Hall–Kier alpha value is -0.0800. The van der Waals surface area contributed by atoms with E-state index in [9.17, 15) is 0 Å². The van der Waals surface area contributed by atoms with Crippen molar-refractivity contribution in [1.82, 2.24) is 5.32 Å². The van der Waals surface area contributed by atoms with Gasteiger partial charge in [0.1, 0.15) is 0 Å². The first-order chi connectivity index (χ1) is 3.79. The molecule has 1 unspecified atom stereocenters. The van der Waals surface area contributed by atoms with Crippen molar-refractivity contribution < 1.29 is 4.74 Å². The highest BCUT2D eigenvalue weighted by Crippen LogP contribution is 1.96. The molecule has 1 N–H and O–H groups in total. The van der Waals surface area contributed by atoms with Gasteiger partial charge in [-0.25, -0.2) is 0 Å². The Kier molecular flexibility index (Phi) is 1.86. The van der Waals surface area contributed by atoms with Gasteiger partial charge in [-0.15, -0.1) is 0 Å². The van der Waals surface area contributed by atoms with Gasteiger partial charge in [0.25, 0.3) is 0 Å². The maximum Gasteiger partial charge on any atom is 0.0617 e. The molecule has 0 aromatic carbocycles. The smallest absolute Gasteiger partial charge is 0.0617 e. The predicted molar refractivity (Wildman–Crippen MR) is 32.9 cm³/mol.